The fourth-order valence-corrected chi connectivity index (χ4v) is 6.66. The summed E-state index contributed by atoms with van der Waals surface area (Å²) in [6, 6.07) is 24.1. The first-order valence-electron chi connectivity index (χ1n) is 13.8. The van der Waals surface area contributed by atoms with E-state index in [1.165, 1.54) is 0 Å². The van der Waals surface area contributed by atoms with E-state index in [1.807, 2.05) is 60.4 Å². The van der Waals surface area contributed by atoms with E-state index < -0.39 is 9.52 Å². The van der Waals surface area contributed by atoms with Gasteiger partial charge in [0, 0.05) is 70.7 Å². The van der Waals surface area contributed by atoms with Gasteiger partial charge in [-0.2, -0.15) is 5.26 Å². The van der Waals surface area contributed by atoms with E-state index in [4.69, 9.17) is 0 Å². The minimum absolute atomic E-state index is 0.0710. The highest BCUT2D eigenvalue weighted by Crippen LogP contribution is 2.27. The average molecular weight is 556 g/mol. The molecule has 0 N–H and O–H groups in total. The second-order valence-electron chi connectivity index (χ2n) is 10.8. The molecule has 0 saturated carbocycles. The zero-order valence-electron chi connectivity index (χ0n) is 23.4. The standard InChI is InChI=1S/C32H37N5O2S/c1-25-12-13-26(24-34-14-16-35(17-15-34)29-9-5-4-8-27(29)23-33)22-28(25)32(38)37-20-18-36(19-21-37)30-10-6-7-11-31(30)40(2,3)39/h4-13,22H,2,14-21,24H2,1,3H3. The highest BCUT2D eigenvalue weighted by atomic mass is 32.2. The third kappa shape index (κ3) is 6.01. The van der Waals surface area contributed by atoms with E-state index >= 15 is 0 Å². The number of carbonyl (C=O) groups excluding carboxylic acids is 1. The van der Waals surface area contributed by atoms with Crippen molar-refractivity contribution in [3.63, 3.8) is 0 Å². The number of nitriles is 1. The zero-order chi connectivity index (χ0) is 28.3. The molecular weight excluding hydrogens is 518 g/mol. The van der Waals surface area contributed by atoms with Gasteiger partial charge in [0.1, 0.15) is 6.07 Å². The van der Waals surface area contributed by atoms with Crippen LogP contribution in [0.4, 0.5) is 11.4 Å². The fourth-order valence-electron chi connectivity index (χ4n) is 5.65. The van der Waals surface area contributed by atoms with Gasteiger partial charge in [-0.3, -0.25) is 13.9 Å². The van der Waals surface area contributed by atoms with E-state index in [0.717, 1.165) is 71.2 Å². The molecule has 1 unspecified atom stereocenters. The molecule has 0 aromatic heterocycles. The summed E-state index contributed by atoms with van der Waals surface area (Å²) in [5, 5.41) is 9.46. The maximum Gasteiger partial charge on any atom is 0.254 e. The Bertz CT molecular complexity index is 1530. The molecule has 208 valence electrons. The number of carbonyl (C=O) groups is 1. The number of nitrogens with zero attached hydrogens (tertiary/aromatic N) is 5. The van der Waals surface area contributed by atoms with Gasteiger partial charge in [0.2, 0.25) is 0 Å². The largest absolute Gasteiger partial charge is 0.368 e. The number of rotatable bonds is 6. The van der Waals surface area contributed by atoms with E-state index in [1.54, 1.807) is 6.26 Å². The first-order chi connectivity index (χ1) is 19.2. The number of benzene rings is 3. The Morgan fingerprint density at radius 2 is 1.48 bits per heavy atom. The maximum absolute atomic E-state index is 13.6. The molecule has 3 aromatic rings. The summed E-state index contributed by atoms with van der Waals surface area (Å²) in [5.74, 6) is 3.95. The van der Waals surface area contributed by atoms with Crippen LogP contribution in [-0.4, -0.2) is 84.4 Å². The Morgan fingerprint density at radius 3 is 2.15 bits per heavy atom. The van der Waals surface area contributed by atoms with Crippen molar-refractivity contribution in [1.82, 2.24) is 9.80 Å². The predicted octanol–water partition coefficient (Wildman–Crippen LogP) is 3.86. The zero-order valence-corrected chi connectivity index (χ0v) is 24.2. The molecular formula is C32H37N5O2S. The molecule has 0 spiro atoms. The van der Waals surface area contributed by atoms with Gasteiger partial charge in [-0.15, -0.1) is 0 Å². The number of anilines is 2. The van der Waals surface area contributed by atoms with Crippen LogP contribution < -0.4 is 9.80 Å². The molecule has 1 amide bonds. The Kier molecular flexibility index (Phi) is 8.15. The van der Waals surface area contributed by atoms with Crippen LogP contribution >= 0.6 is 0 Å². The third-order valence-electron chi connectivity index (χ3n) is 7.91. The van der Waals surface area contributed by atoms with Gasteiger partial charge < -0.3 is 14.7 Å². The molecule has 7 nitrogen and oxygen atoms in total. The molecule has 2 fully saturated rings. The number of para-hydroxylation sites is 2. The van der Waals surface area contributed by atoms with Crippen LogP contribution in [0.3, 0.4) is 0 Å². The van der Waals surface area contributed by atoms with Crippen molar-refractivity contribution in [2.24, 2.45) is 0 Å². The van der Waals surface area contributed by atoms with Gasteiger partial charge in [-0.1, -0.05) is 36.4 Å². The number of aryl methyl sites for hydroxylation is 1. The van der Waals surface area contributed by atoms with E-state index in [2.05, 4.69) is 44.8 Å². The highest BCUT2D eigenvalue weighted by Gasteiger charge is 2.26. The van der Waals surface area contributed by atoms with Crippen LogP contribution in [0.15, 0.2) is 71.6 Å². The first kappa shape index (κ1) is 27.8. The van der Waals surface area contributed by atoms with Crippen molar-refractivity contribution in [1.29, 1.82) is 5.26 Å². The minimum Gasteiger partial charge on any atom is -0.368 e. The number of amides is 1. The van der Waals surface area contributed by atoms with Crippen LogP contribution in [0.1, 0.15) is 27.0 Å². The third-order valence-corrected chi connectivity index (χ3v) is 9.19. The Hall–Kier alpha value is -3.80. The molecule has 0 aliphatic carbocycles. The van der Waals surface area contributed by atoms with Crippen molar-refractivity contribution in [2.45, 2.75) is 18.4 Å². The van der Waals surface area contributed by atoms with Gasteiger partial charge in [-0.05, 0) is 63.8 Å². The van der Waals surface area contributed by atoms with Crippen LogP contribution in [-0.2, 0) is 16.1 Å². The molecule has 0 radical (unpaired) electrons. The van der Waals surface area contributed by atoms with Crippen LogP contribution in [0.5, 0.6) is 0 Å². The average Bonchev–Trinajstić information content (AvgIpc) is 2.98. The smallest absolute Gasteiger partial charge is 0.254 e. The summed E-state index contributed by atoms with van der Waals surface area (Å²) < 4.78 is 12.7. The highest BCUT2D eigenvalue weighted by molar-refractivity contribution is 7.99. The summed E-state index contributed by atoms with van der Waals surface area (Å²) in [7, 11) is -2.34. The summed E-state index contributed by atoms with van der Waals surface area (Å²) in [6.45, 7) is 8.94. The number of hydrogen-bond donors (Lipinski definition) is 0. The summed E-state index contributed by atoms with van der Waals surface area (Å²) in [5.41, 5.74) is 5.57. The number of piperazine rings is 2. The van der Waals surface area contributed by atoms with Crippen LogP contribution in [0.25, 0.3) is 0 Å². The van der Waals surface area contributed by atoms with Gasteiger partial charge in [0.15, 0.2) is 0 Å². The summed E-state index contributed by atoms with van der Waals surface area (Å²) in [4.78, 5) is 23.2. The van der Waals surface area contributed by atoms with Gasteiger partial charge in [0.25, 0.3) is 5.91 Å². The normalized spacial score (nSPS) is 17.8. The maximum atomic E-state index is 13.6. The SMILES string of the molecule is C=S(C)(=O)c1ccccc1N1CCN(C(=O)c2cc(CN3CCN(c4ccccc4C#N)CC3)ccc2C)CC1. The second kappa shape index (κ2) is 11.7. The summed E-state index contributed by atoms with van der Waals surface area (Å²) >= 11 is 0. The summed E-state index contributed by atoms with van der Waals surface area (Å²) in [6.07, 6.45) is 1.68. The van der Waals surface area contributed by atoms with Gasteiger partial charge in [-0.25, -0.2) is 0 Å². The quantitative estimate of drug-likeness (QED) is 0.431. The van der Waals surface area contributed by atoms with E-state index in [9.17, 15) is 14.3 Å². The second-order valence-corrected chi connectivity index (χ2v) is 13.2. The molecule has 8 heteroatoms. The monoisotopic (exact) mass is 555 g/mol. The topological polar surface area (TPSA) is 70.9 Å². The van der Waals surface area contributed by atoms with Crippen molar-refractivity contribution in [2.75, 3.05) is 68.4 Å². The lowest BCUT2D eigenvalue weighted by molar-refractivity contribution is 0.0745. The predicted molar refractivity (Wildman–Crippen MR) is 164 cm³/mol. The molecule has 1 atom stereocenters. The fraction of sp³-hybridized carbons (Fsp3) is 0.344. The first-order valence-corrected chi connectivity index (χ1v) is 15.9. The van der Waals surface area contributed by atoms with Crippen molar-refractivity contribution in [3.8, 4) is 6.07 Å². The van der Waals surface area contributed by atoms with Gasteiger partial charge >= 0.3 is 0 Å². The minimum atomic E-state index is -2.34. The van der Waals surface area contributed by atoms with Crippen LogP contribution in [0.2, 0.25) is 0 Å². The van der Waals surface area contributed by atoms with E-state index in [-0.39, 0.29) is 5.91 Å². The number of hydrogen-bond acceptors (Lipinski definition) is 6. The Morgan fingerprint density at radius 1 is 0.875 bits per heavy atom. The van der Waals surface area contributed by atoms with Gasteiger partial charge in [0.05, 0.1) is 21.8 Å². The lowest BCUT2D eigenvalue weighted by Gasteiger charge is -2.37. The molecule has 40 heavy (non-hydrogen) atoms. The van der Waals surface area contributed by atoms with Crippen molar-refractivity contribution in [3.05, 3.63) is 89.0 Å². The molecule has 2 heterocycles. The van der Waals surface area contributed by atoms with Crippen LogP contribution in [0, 0.1) is 18.3 Å². The Balaban J connectivity index is 1.21. The lowest BCUT2D eigenvalue weighted by Crippen LogP contribution is -2.49. The lowest BCUT2D eigenvalue weighted by atomic mass is 10.0. The molecule has 2 aliphatic rings. The molecule has 3 aromatic carbocycles. The molecule has 5 rings (SSSR count). The molecule has 2 aliphatic heterocycles. The van der Waals surface area contributed by atoms with E-state index in [0.29, 0.717) is 26.2 Å². The molecule has 2 saturated heterocycles. The molecule has 0 bridgehead atoms. The van der Waals surface area contributed by atoms with Crippen molar-refractivity contribution >= 4 is 32.7 Å². The Labute approximate surface area is 238 Å². The van der Waals surface area contributed by atoms with Crippen molar-refractivity contribution < 1.29 is 9.00 Å².